The Morgan fingerprint density at radius 3 is 2.50 bits per heavy atom. The minimum Gasteiger partial charge on any atom is -0.462 e. The first-order valence-electron chi connectivity index (χ1n) is 7.10. The Morgan fingerprint density at radius 1 is 1.27 bits per heavy atom. The quantitative estimate of drug-likeness (QED) is 0.534. The normalized spacial score (nSPS) is 18.8. The molecular formula is C14H24N2O6. The van der Waals surface area contributed by atoms with Crippen molar-refractivity contribution < 1.29 is 28.6 Å². The van der Waals surface area contributed by atoms with Gasteiger partial charge in [-0.15, -0.1) is 0 Å². The summed E-state index contributed by atoms with van der Waals surface area (Å²) in [5, 5.41) is 0. The van der Waals surface area contributed by atoms with Gasteiger partial charge in [0.1, 0.15) is 18.8 Å². The highest BCUT2D eigenvalue weighted by Crippen LogP contribution is 2.15. The van der Waals surface area contributed by atoms with Gasteiger partial charge in [-0.1, -0.05) is 0 Å². The zero-order valence-corrected chi connectivity index (χ0v) is 13.5. The number of hydrogen-bond donors (Lipinski definition) is 0. The summed E-state index contributed by atoms with van der Waals surface area (Å²) in [5.74, 6) is -0.519. The molecule has 0 bridgehead atoms. The molecule has 8 nitrogen and oxygen atoms in total. The van der Waals surface area contributed by atoms with E-state index in [1.54, 1.807) is 20.8 Å². The lowest BCUT2D eigenvalue weighted by Gasteiger charge is -2.39. The number of piperazine rings is 1. The van der Waals surface area contributed by atoms with Crippen LogP contribution in [0.2, 0.25) is 0 Å². The Kier molecular flexibility index (Phi) is 6.61. The monoisotopic (exact) mass is 316 g/mol. The molecule has 0 radical (unpaired) electrons. The number of methoxy groups -OCH3 is 1. The van der Waals surface area contributed by atoms with Crippen LogP contribution >= 0.6 is 0 Å². The molecule has 0 aromatic heterocycles. The van der Waals surface area contributed by atoms with Crippen molar-refractivity contribution in [2.75, 3.05) is 40.0 Å². The Balaban J connectivity index is 2.68. The van der Waals surface area contributed by atoms with Crippen molar-refractivity contribution in [1.82, 2.24) is 9.80 Å². The molecule has 1 rings (SSSR count). The molecule has 0 spiro atoms. The Labute approximate surface area is 130 Å². The predicted molar refractivity (Wildman–Crippen MR) is 77.2 cm³/mol. The van der Waals surface area contributed by atoms with E-state index >= 15 is 0 Å². The molecule has 1 unspecified atom stereocenters. The van der Waals surface area contributed by atoms with Crippen LogP contribution in [0, 0.1) is 0 Å². The second kappa shape index (κ2) is 7.98. The third-order valence-corrected chi connectivity index (χ3v) is 2.99. The maximum absolute atomic E-state index is 12.2. The van der Waals surface area contributed by atoms with Crippen LogP contribution in [0.5, 0.6) is 0 Å². The lowest BCUT2D eigenvalue weighted by molar-refractivity contribution is -0.150. The maximum Gasteiger partial charge on any atom is 0.410 e. The van der Waals surface area contributed by atoms with E-state index < -0.39 is 23.7 Å². The molecule has 1 saturated heterocycles. The molecule has 1 aliphatic rings. The van der Waals surface area contributed by atoms with Crippen LogP contribution < -0.4 is 0 Å². The van der Waals surface area contributed by atoms with E-state index in [0.29, 0.717) is 19.6 Å². The van der Waals surface area contributed by atoms with Crippen LogP contribution in [0.1, 0.15) is 20.8 Å². The summed E-state index contributed by atoms with van der Waals surface area (Å²) in [6, 6.07) is -0.436. The number of hydrogen-bond acceptors (Lipinski definition) is 6. The van der Waals surface area contributed by atoms with E-state index in [-0.39, 0.29) is 13.2 Å². The summed E-state index contributed by atoms with van der Waals surface area (Å²) in [6.45, 7) is 6.22. The minimum absolute atomic E-state index is 0.00816. The lowest BCUT2D eigenvalue weighted by atomic mass is 10.2. The Bertz CT molecular complexity index is 407. The summed E-state index contributed by atoms with van der Waals surface area (Å²) in [7, 11) is 1.39. The molecule has 1 atom stereocenters. The third kappa shape index (κ3) is 5.88. The van der Waals surface area contributed by atoms with Crippen LogP contribution in [0.15, 0.2) is 0 Å². The zero-order chi connectivity index (χ0) is 16.8. The van der Waals surface area contributed by atoms with Crippen LogP contribution in [0.4, 0.5) is 4.79 Å². The summed E-state index contributed by atoms with van der Waals surface area (Å²) < 4.78 is 15.1. The fourth-order valence-electron chi connectivity index (χ4n) is 2.03. The summed E-state index contributed by atoms with van der Waals surface area (Å²) in [6.07, 6.45) is 0.238. The highest BCUT2D eigenvalue weighted by Gasteiger charge is 2.33. The molecule has 0 aliphatic carbocycles. The van der Waals surface area contributed by atoms with Gasteiger partial charge in [-0.3, -0.25) is 9.69 Å². The Morgan fingerprint density at radius 2 is 1.95 bits per heavy atom. The number of nitrogens with zero attached hydrogens (tertiary/aromatic N) is 2. The largest absolute Gasteiger partial charge is 0.462 e. The van der Waals surface area contributed by atoms with E-state index in [1.165, 1.54) is 16.9 Å². The van der Waals surface area contributed by atoms with Gasteiger partial charge in [-0.2, -0.15) is 0 Å². The number of rotatable bonds is 5. The average Bonchev–Trinajstić information content (AvgIpc) is 2.43. The number of carbonyl (C=O) groups is 3. The Hall–Kier alpha value is -1.83. The third-order valence-electron chi connectivity index (χ3n) is 2.99. The molecule has 0 saturated carbocycles. The van der Waals surface area contributed by atoms with Crippen LogP contribution in [0.3, 0.4) is 0 Å². The SMILES string of the molecule is COCC(=O)OCC1CN(C=O)CCN1C(=O)OC(C)(C)C. The van der Waals surface area contributed by atoms with Crippen molar-refractivity contribution in [3.8, 4) is 0 Å². The van der Waals surface area contributed by atoms with Gasteiger partial charge in [-0.25, -0.2) is 9.59 Å². The van der Waals surface area contributed by atoms with Crippen molar-refractivity contribution >= 4 is 18.5 Å². The van der Waals surface area contributed by atoms with Gasteiger partial charge in [0.2, 0.25) is 6.41 Å². The smallest absolute Gasteiger partial charge is 0.410 e. The molecule has 2 amide bonds. The van der Waals surface area contributed by atoms with Crippen LogP contribution in [-0.2, 0) is 23.8 Å². The van der Waals surface area contributed by atoms with Gasteiger partial charge in [0.25, 0.3) is 0 Å². The zero-order valence-electron chi connectivity index (χ0n) is 13.5. The summed E-state index contributed by atoms with van der Waals surface area (Å²) >= 11 is 0. The second-order valence-electron chi connectivity index (χ2n) is 6.04. The summed E-state index contributed by atoms with van der Waals surface area (Å²) in [4.78, 5) is 37.5. The molecule has 1 aliphatic heterocycles. The van der Waals surface area contributed by atoms with Crippen molar-refractivity contribution in [1.29, 1.82) is 0 Å². The van der Waals surface area contributed by atoms with E-state index in [9.17, 15) is 14.4 Å². The van der Waals surface area contributed by atoms with E-state index in [0.717, 1.165) is 6.41 Å². The van der Waals surface area contributed by atoms with Gasteiger partial charge in [0.05, 0.1) is 6.04 Å². The highest BCUT2D eigenvalue weighted by molar-refractivity contribution is 5.71. The molecule has 8 heteroatoms. The first kappa shape index (κ1) is 18.2. The van der Waals surface area contributed by atoms with Gasteiger partial charge in [-0.05, 0) is 20.8 Å². The molecule has 1 fully saturated rings. The fraction of sp³-hybridized carbons (Fsp3) is 0.786. The number of ether oxygens (including phenoxy) is 3. The topological polar surface area (TPSA) is 85.4 Å². The molecule has 1 heterocycles. The van der Waals surface area contributed by atoms with E-state index in [4.69, 9.17) is 9.47 Å². The number of esters is 1. The molecule has 0 N–H and O–H groups in total. The maximum atomic E-state index is 12.2. The number of amides is 2. The molecule has 0 aromatic carbocycles. The highest BCUT2D eigenvalue weighted by atomic mass is 16.6. The minimum atomic E-state index is -0.615. The fourth-order valence-corrected chi connectivity index (χ4v) is 2.03. The first-order chi connectivity index (χ1) is 10.3. The van der Waals surface area contributed by atoms with E-state index in [2.05, 4.69) is 4.74 Å². The lowest BCUT2D eigenvalue weighted by Crippen LogP contribution is -2.57. The first-order valence-corrected chi connectivity index (χ1v) is 7.10. The molecule has 0 aromatic rings. The standard InChI is InChI=1S/C14H24N2O6/c1-14(2,3)22-13(19)16-6-5-15(10-17)7-11(16)8-21-12(18)9-20-4/h10-11H,5-9H2,1-4H3. The van der Waals surface area contributed by atoms with Gasteiger partial charge < -0.3 is 19.1 Å². The van der Waals surface area contributed by atoms with Crippen molar-refractivity contribution in [3.05, 3.63) is 0 Å². The molecular weight excluding hydrogens is 292 g/mol. The summed E-state index contributed by atoms with van der Waals surface area (Å²) in [5.41, 5.74) is -0.615. The predicted octanol–water partition coefficient (Wildman–Crippen LogP) is 0.254. The van der Waals surface area contributed by atoms with Gasteiger partial charge >= 0.3 is 12.1 Å². The van der Waals surface area contributed by atoms with Crippen molar-refractivity contribution in [2.45, 2.75) is 32.4 Å². The van der Waals surface area contributed by atoms with Crippen molar-refractivity contribution in [3.63, 3.8) is 0 Å². The van der Waals surface area contributed by atoms with Gasteiger partial charge in [0, 0.05) is 26.7 Å². The van der Waals surface area contributed by atoms with Crippen molar-refractivity contribution in [2.24, 2.45) is 0 Å². The van der Waals surface area contributed by atoms with Crippen LogP contribution in [-0.4, -0.2) is 79.9 Å². The van der Waals surface area contributed by atoms with Crippen LogP contribution in [0.25, 0.3) is 0 Å². The second-order valence-corrected chi connectivity index (χ2v) is 6.04. The molecule has 126 valence electrons. The number of carbonyl (C=O) groups excluding carboxylic acids is 3. The van der Waals surface area contributed by atoms with Gasteiger partial charge in [0.15, 0.2) is 0 Å². The average molecular weight is 316 g/mol. The molecule has 22 heavy (non-hydrogen) atoms. The van der Waals surface area contributed by atoms with E-state index in [1.807, 2.05) is 0 Å².